The number of anilines is 2. The number of nitrogens with one attached hydrogen (secondary N) is 2. The molecule has 1 heterocycles. The highest BCUT2D eigenvalue weighted by Gasteiger charge is 2.41. The average molecular weight is 358 g/mol. The molecule has 2 aromatic carbocycles. The molecule has 0 saturated heterocycles. The fourth-order valence-corrected chi connectivity index (χ4v) is 4.48. The Kier molecular flexibility index (Phi) is 4.34. The zero-order valence-corrected chi connectivity index (χ0v) is 14.7. The van der Waals surface area contributed by atoms with Gasteiger partial charge in [0.05, 0.1) is 17.0 Å². The van der Waals surface area contributed by atoms with Crippen molar-refractivity contribution in [1.82, 2.24) is 0 Å². The van der Waals surface area contributed by atoms with E-state index in [0.717, 1.165) is 11.1 Å². The summed E-state index contributed by atoms with van der Waals surface area (Å²) in [6.45, 7) is 3.74. The topological polar surface area (TPSA) is 92.3 Å². The molecule has 2 amide bonds. The summed E-state index contributed by atoms with van der Waals surface area (Å²) in [5, 5.41) is 3.82. The Morgan fingerprint density at radius 2 is 1.88 bits per heavy atom. The smallest absolute Gasteiger partial charge is 0.243 e. The van der Waals surface area contributed by atoms with Gasteiger partial charge in [-0.1, -0.05) is 24.3 Å². The van der Waals surface area contributed by atoms with E-state index in [1.165, 1.54) is 12.1 Å². The minimum Gasteiger partial charge on any atom is -0.326 e. The van der Waals surface area contributed by atoms with Gasteiger partial charge in [0.25, 0.3) is 0 Å². The first-order valence-corrected chi connectivity index (χ1v) is 9.34. The summed E-state index contributed by atoms with van der Waals surface area (Å²) in [4.78, 5) is 24.6. The molecule has 1 atom stereocenters. The number of carbonyl (C=O) groups is 2. The maximum atomic E-state index is 12.7. The fraction of sp³-hybridized carbons (Fsp3) is 0.222. The van der Waals surface area contributed by atoms with Crippen molar-refractivity contribution in [1.29, 1.82) is 0 Å². The van der Waals surface area contributed by atoms with Gasteiger partial charge in [-0.2, -0.15) is 0 Å². The predicted octanol–water partition coefficient (Wildman–Crippen LogP) is 2.43. The molecule has 7 heteroatoms. The minimum absolute atomic E-state index is 0.0409. The normalized spacial score (nSPS) is 18.2. The molecule has 1 aliphatic rings. The van der Waals surface area contributed by atoms with Gasteiger partial charge in [0.2, 0.25) is 11.8 Å². The molecule has 0 bridgehead atoms. The Labute approximate surface area is 146 Å². The Hall–Kier alpha value is -2.67. The number of fused-ring (bicyclic) bond motifs is 1. The van der Waals surface area contributed by atoms with E-state index in [1.807, 2.05) is 26.0 Å². The number of hydrogen-bond acceptors (Lipinski definition) is 4. The van der Waals surface area contributed by atoms with Gasteiger partial charge < -0.3 is 10.6 Å². The van der Waals surface area contributed by atoms with Crippen LogP contribution in [0.25, 0.3) is 0 Å². The first-order valence-electron chi connectivity index (χ1n) is 7.80. The maximum Gasteiger partial charge on any atom is 0.243 e. The molecule has 3 rings (SSSR count). The number of benzene rings is 2. The van der Waals surface area contributed by atoms with E-state index >= 15 is 0 Å². The van der Waals surface area contributed by atoms with Crippen molar-refractivity contribution in [3.63, 3.8) is 0 Å². The summed E-state index contributed by atoms with van der Waals surface area (Å²) in [5.74, 6) is -1.20. The highest BCUT2D eigenvalue weighted by Crippen LogP contribution is 2.31. The molecule has 0 aromatic heterocycles. The minimum atomic E-state index is -3.91. The Bertz CT molecular complexity index is 967. The molecule has 1 aliphatic heterocycles. The third-order valence-corrected chi connectivity index (χ3v) is 6.26. The number of amides is 2. The van der Waals surface area contributed by atoms with E-state index in [9.17, 15) is 18.0 Å². The van der Waals surface area contributed by atoms with Crippen LogP contribution in [-0.2, 0) is 19.4 Å². The lowest BCUT2D eigenvalue weighted by Gasteiger charge is -2.24. The summed E-state index contributed by atoms with van der Waals surface area (Å²) in [6.07, 6.45) is -0.435. The van der Waals surface area contributed by atoms with Crippen LogP contribution in [-0.4, -0.2) is 25.5 Å². The van der Waals surface area contributed by atoms with Crippen LogP contribution in [0.1, 0.15) is 17.5 Å². The lowest BCUT2D eigenvalue weighted by atomic mass is 10.1. The summed E-state index contributed by atoms with van der Waals surface area (Å²) in [6, 6.07) is 11.8. The van der Waals surface area contributed by atoms with Crippen molar-refractivity contribution in [2.24, 2.45) is 0 Å². The quantitative estimate of drug-likeness (QED) is 0.881. The number of aryl methyl sites for hydroxylation is 2. The number of carbonyl (C=O) groups excluding carboxylic acids is 2. The predicted molar refractivity (Wildman–Crippen MR) is 95.2 cm³/mol. The van der Waals surface area contributed by atoms with E-state index in [4.69, 9.17) is 0 Å². The van der Waals surface area contributed by atoms with Crippen LogP contribution < -0.4 is 10.6 Å². The summed E-state index contributed by atoms with van der Waals surface area (Å²) < 4.78 is 25.4. The molecule has 0 radical (unpaired) electrons. The van der Waals surface area contributed by atoms with Crippen LogP contribution in [0.5, 0.6) is 0 Å². The molecule has 6 nitrogen and oxygen atoms in total. The summed E-state index contributed by atoms with van der Waals surface area (Å²) >= 11 is 0. The van der Waals surface area contributed by atoms with Gasteiger partial charge >= 0.3 is 0 Å². The second-order valence-electron chi connectivity index (χ2n) is 6.09. The van der Waals surface area contributed by atoms with Crippen molar-refractivity contribution in [3.8, 4) is 0 Å². The SMILES string of the molecule is Cc1ccc(C)c(NC(=O)CC2C(=O)Nc3ccccc3S2(=O)=O)c1. The average Bonchev–Trinajstić information content (AvgIpc) is 2.55. The summed E-state index contributed by atoms with van der Waals surface area (Å²) in [5.41, 5.74) is 2.69. The van der Waals surface area contributed by atoms with E-state index in [1.54, 1.807) is 18.2 Å². The molecule has 130 valence electrons. The molecule has 1 unspecified atom stereocenters. The van der Waals surface area contributed by atoms with Crippen LogP contribution in [0.2, 0.25) is 0 Å². The van der Waals surface area contributed by atoms with Crippen molar-refractivity contribution < 1.29 is 18.0 Å². The number of rotatable bonds is 3. The first kappa shape index (κ1) is 17.2. The lowest BCUT2D eigenvalue weighted by molar-refractivity contribution is -0.121. The van der Waals surface area contributed by atoms with Gasteiger partial charge in [0.1, 0.15) is 0 Å². The second-order valence-corrected chi connectivity index (χ2v) is 8.19. The second kappa shape index (κ2) is 6.33. The monoisotopic (exact) mass is 358 g/mol. The molecule has 0 spiro atoms. The third-order valence-electron chi connectivity index (χ3n) is 4.16. The molecule has 0 fully saturated rings. The van der Waals surface area contributed by atoms with Crippen molar-refractivity contribution in [2.45, 2.75) is 30.4 Å². The van der Waals surface area contributed by atoms with E-state index in [0.29, 0.717) is 5.69 Å². The zero-order chi connectivity index (χ0) is 18.2. The van der Waals surface area contributed by atoms with Crippen LogP contribution in [0.3, 0.4) is 0 Å². The molecule has 0 saturated carbocycles. The largest absolute Gasteiger partial charge is 0.326 e. The van der Waals surface area contributed by atoms with Gasteiger partial charge in [0.15, 0.2) is 15.1 Å². The van der Waals surface area contributed by atoms with E-state index in [-0.39, 0.29) is 10.6 Å². The third kappa shape index (κ3) is 3.28. The van der Waals surface area contributed by atoms with Gasteiger partial charge in [-0.3, -0.25) is 9.59 Å². The Morgan fingerprint density at radius 3 is 2.64 bits per heavy atom. The first-order chi connectivity index (χ1) is 11.8. The lowest BCUT2D eigenvalue weighted by Crippen LogP contribution is -2.42. The number of hydrogen-bond donors (Lipinski definition) is 2. The standard InChI is InChI=1S/C18H18N2O4S/c1-11-7-8-12(2)14(9-11)19-17(21)10-16-18(22)20-13-5-3-4-6-15(13)25(16,23)24/h3-9,16H,10H2,1-2H3,(H,19,21)(H,20,22). The highest BCUT2D eigenvalue weighted by atomic mass is 32.2. The zero-order valence-electron chi connectivity index (χ0n) is 13.9. The molecule has 0 aliphatic carbocycles. The van der Waals surface area contributed by atoms with Crippen molar-refractivity contribution in [2.75, 3.05) is 10.6 Å². The Morgan fingerprint density at radius 1 is 1.16 bits per heavy atom. The number of para-hydroxylation sites is 1. The number of sulfone groups is 1. The van der Waals surface area contributed by atoms with Gasteiger partial charge in [-0.25, -0.2) is 8.42 Å². The molecule has 2 aromatic rings. The van der Waals surface area contributed by atoms with Gasteiger partial charge in [0, 0.05) is 5.69 Å². The van der Waals surface area contributed by atoms with E-state index in [2.05, 4.69) is 10.6 Å². The maximum absolute atomic E-state index is 12.7. The van der Waals surface area contributed by atoms with Crippen molar-refractivity contribution >= 4 is 33.0 Å². The molecular weight excluding hydrogens is 340 g/mol. The van der Waals surface area contributed by atoms with Crippen molar-refractivity contribution in [3.05, 3.63) is 53.6 Å². The van der Waals surface area contributed by atoms with Crippen LogP contribution in [0.15, 0.2) is 47.4 Å². The Balaban J connectivity index is 1.84. The van der Waals surface area contributed by atoms with E-state index < -0.39 is 33.3 Å². The summed E-state index contributed by atoms with van der Waals surface area (Å²) in [7, 11) is -3.91. The highest BCUT2D eigenvalue weighted by molar-refractivity contribution is 7.93. The molecular formula is C18H18N2O4S. The van der Waals surface area contributed by atoms with Gasteiger partial charge in [-0.05, 0) is 43.2 Å². The van der Waals surface area contributed by atoms with Crippen LogP contribution >= 0.6 is 0 Å². The fourth-order valence-electron chi connectivity index (χ4n) is 2.77. The van der Waals surface area contributed by atoms with Gasteiger partial charge in [-0.15, -0.1) is 0 Å². The van der Waals surface area contributed by atoms with Crippen LogP contribution in [0.4, 0.5) is 11.4 Å². The molecule has 2 N–H and O–H groups in total. The van der Waals surface area contributed by atoms with Crippen LogP contribution in [0, 0.1) is 13.8 Å². The molecule has 25 heavy (non-hydrogen) atoms.